The summed E-state index contributed by atoms with van der Waals surface area (Å²) < 4.78 is 6.09. The van der Waals surface area contributed by atoms with E-state index in [4.69, 9.17) is 4.74 Å². The van der Waals surface area contributed by atoms with Crippen molar-refractivity contribution in [2.75, 3.05) is 13.6 Å². The van der Waals surface area contributed by atoms with Gasteiger partial charge in [0.15, 0.2) is 0 Å². The highest BCUT2D eigenvalue weighted by Gasteiger charge is 2.25. The van der Waals surface area contributed by atoms with Crippen LogP contribution >= 0.6 is 0 Å². The molecule has 0 amide bonds. The number of nitrogens with zero attached hydrogens (tertiary/aromatic N) is 1. The van der Waals surface area contributed by atoms with Crippen LogP contribution in [0.5, 0.6) is 0 Å². The second-order valence-corrected chi connectivity index (χ2v) is 5.36. The van der Waals surface area contributed by atoms with Crippen molar-refractivity contribution in [3.63, 3.8) is 0 Å². The highest BCUT2D eigenvalue weighted by Crippen LogP contribution is 2.25. The van der Waals surface area contributed by atoms with Crippen LogP contribution in [0.25, 0.3) is 11.3 Å². The van der Waals surface area contributed by atoms with Gasteiger partial charge in [0.05, 0.1) is 4.92 Å². The number of fused-ring (bicyclic) bond motifs is 2. The molecule has 1 aliphatic heterocycles. The summed E-state index contributed by atoms with van der Waals surface area (Å²) in [5.41, 5.74) is 0.963. The molecule has 1 aromatic rings. The van der Waals surface area contributed by atoms with Gasteiger partial charge in [0.25, 0.3) is 5.70 Å². The normalized spacial score (nSPS) is 19.1. The third kappa shape index (κ3) is 2.67. The Bertz CT molecular complexity index is 777. The van der Waals surface area contributed by atoms with Crippen LogP contribution < -0.4 is 15.8 Å². The molecule has 1 atom stereocenters. The smallest absolute Gasteiger partial charge is 0.269 e. The Balaban J connectivity index is 2.12. The lowest BCUT2D eigenvalue weighted by atomic mass is 9.96. The van der Waals surface area contributed by atoms with E-state index in [1.54, 1.807) is 12.2 Å². The standard InChI is InChI=1S/C17H18N2O3/c1-18-10-4-7-16-14-6-3-2-5-13(14)15-11-12(19(20)21)8-9-17(15)22-16/h2-3,5-6,8-9,11,17-18H,4,7,10H2,1H3. The molecule has 0 saturated heterocycles. The first kappa shape index (κ1) is 14.5. The first-order valence-corrected chi connectivity index (χ1v) is 7.38. The summed E-state index contributed by atoms with van der Waals surface area (Å²) in [5.74, 6) is 0.960. The fourth-order valence-electron chi connectivity index (χ4n) is 2.84. The molecule has 1 aliphatic carbocycles. The Hall–Kier alpha value is -2.40. The zero-order valence-corrected chi connectivity index (χ0v) is 12.4. The topological polar surface area (TPSA) is 64.4 Å². The predicted molar refractivity (Wildman–Crippen MR) is 84.8 cm³/mol. The highest BCUT2D eigenvalue weighted by atomic mass is 16.6. The molecule has 22 heavy (non-hydrogen) atoms. The van der Waals surface area contributed by atoms with Gasteiger partial charge in [0, 0.05) is 29.4 Å². The average molecular weight is 298 g/mol. The largest absolute Gasteiger partial charge is 0.485 e. The monoisotopic (exact) mass is 298 g/mol. The van der Waals surface area contributed by atoms with Crippen molar-refractivity contribution in [3.8, 4) is 0 Å². The number of hydrogen-bond acceptors (Lipinski definition) is 4. The molecule has 1 unspecified atom stereocenters. The average Bonchev–Trinajstić information content (AvgIpc) is 2.54. The third-order valence-electron chi connectivity index (χ3n) is 3.90. The number of rotatable bonds is 5. The number of benzene rings is 1. The van der Waals surface area contributed by atoms with Crippen LogP contribution in [0, 0.1) is 10.1 Å². The van der Waals surface area contributed by atoms with Crippen LogP contribution in [-0.2, 0) is 4.74 Å². The second-order valence-electron chi connectivity index (χ2n) is 5.36. The maximum atomic E-state index is 11.0. The number of ether oxygens (including phenoxy) is 1. The SMILES string of the molecule is CNCCCC1=c2ccccc2=C2C=C([N+](=O)[O-])C=CC2O1. The first-order chi connectivity index (χ1) is 10.7. The molecule has 0 radical (unpaired) electrons. The summed E-state index contributed by atoms with van der Waals surface area (Å²) in [5, 5.41) is 16.2. The lowest BCUT2D eigenvalue weighted by Crippen LogP contribution is -2.38. The van der Waals surface area contributed by atoms with Gasteiger partial charge in [-0.15, -0.1) is 0 Å². The van der Waals surface area contributed by atoms with Crippen LogP contribution in [0.1, 0.15) is 12.8 Å². The third-order valence-corrected chi connectivity index (χ3v) is 3.90. The van der Waals surface area contributed by atoms with Crippen molar-refractivity contribution in [1.29, 1.82) is 0 Å². The molecule has 0 fully saturated rings. The molecule has 5 nitrogen and oxygen atoms in total. The van der Waals surface area contributed by atoms with E-state index < -0.39 is 0 Å². The molecule has 5 heteroatoms. The van der Waals surface area contributed by atoms with Gasteiger partial charge >= 0.3 is 0 Å². The fraction of sp³-hybridized carbons (Fsp3) is 0.294. The number of allylic oxidation sites excluding steroid dienone is 1. The second kappa shape index (κ2) is 6.15. The zero-order chi connectivity index (χ0) is 15.5. The molecule has 0 spiro atoms. The quantitative estimate of drug-likeness (QED) is 0.502. The highest BCUT2D eigenvalue weighted by molar-refractivity contribution is 5.69. The Morgan fingerprint density at radius 3 is 2.82 bits per heavy atom. The zero-order valence-electron chi connectivity index (χ0n) is 12.4. The molecule has 1 N–H and O–H groups in total. The van der Waals surface area contributed by atoms with E-state index in [2.05, 4.69) is 5.32 Å². The Labute approximate surface area is 128 Å². The van der Waals surface area contributed by atoms with Gasteiger partial charge in [0.2, 0.25) is 0 Å². The Morgan fingerprint density at radius 1 is 1.32 bits per heavy atom. The summed E-state index contributed by atoms with van der Waals surface area (Å²) in [6.07, 6.45) is 6.51. The molecular weight excluding hydrogens is 280 g/mol. The molecule has 1 heterocycles. The minimum atomic E-state index is -0.367. The molecular formula is C17H18N2O3. The summed E-state index contributed by atoms with van der Waals surface area (Å²) in [4.78, 5) is 10.6. The van der Waals surface area contributed by atoms with Crippen LogP contribution in [0.15, 0.2) is 48.2 Å². The van der Waals surface area contributed by atoms with Gasteiger partial charge in [-0.05, 0) is 31.3 Å². The summed E-state index contributed by atoms with van der Waals surface area (Å²) in [6.45, 7) is 0.928. The minimum Gasteiger partial charge on any atom is -0.485 e. The first-order valence-electron chi connectivity index (χ1n) is 7.38. The van der Waals surface area contributed by atoms with E-state index in [0.29, 0.717) is 0 Å². The van der Waals surface area contributed by atoms with E-state index in [1.807, 2.05) is 31.3 Å². The fourth-order valence-corrected chi connectivity index (χ4v) is 2.84. The van der Waals surface area contributed by atoms with E-state index in [9.17, 15) is 10.1 Å². The van der Waals surface area contributed by atoms with Crippen LogP contribution in [-0.4, -0.2) is 24.6 Å². The number of hydrogen-bond donors (Lipinski definition) is 1. The number of nitrogens with one attached hydrogen (secondary N) is 1. The van der Waals surface area contributed by atoms with Crippen LogP contribution in [0.2, 0.25) is 0 Å². The molecule has 2 aliphatic rings. The molecule has 0 bridgehead atoms. The molecule has 1 aromatic carbocycles. The Kier molecular flexibility index (Phi) is 4.06. The van der Waals surface area contributed by atoms with Crippen LogP contribution in [0.3, 0.4) is 0 Å². The lowest BCUT2D eigenvalue weighted by Gasteiger charge is -2.25. The van der Waals surface area contributed by atoms with E-state index in [-0.39, 0.29) is 16.7 Å². The van der Waals surface area contributed by atoms with Crippen LogP contribution in [0.4, 0.5) is 0 Å². The summed E-state index contributed by atoms with van der Waals surface area (Å²) in [7, 11) is 1.93. The van der Waals surface area contributed by atoms with E-state index in [0.717, 1.165) is 41.2 Å². The lowest BCUT2D eigenvalue weighted by molar-refractivity contribution is -0.419. The maximum absolute atomic E-state index is 11.0. The van der Waals surface area contributed by atoms with Gasteiger partial charge in [-0.1, -0.05) is 24.3 Å². The summed E-state index contributed by atoms with van der Waals surface area (Å²) in [6, 6.07) is 7.95. The van der Waals surface area contributed by atoms with Crippen molar-refractivity contribution in [2.45, 2.75) is 18.9 Å². The van der Waals surface area contributed by atoms with Gasteiger partial charge < -0.3 is 10.1 Å². The van der Waals surface area contributed by atoms with E-state index >= 15 is 0 Å². The van der Waals surface area contributed by atoms with Gasteiger partial charge in [0.1, 0.15) is 11.9 Å². The van der Waals surface area contributed by atoms with Crippen molar-refractivity contribution >= 4 is 11.3 Å². The summed E-state index contributed by atoms with van der Waals surface area (Å²) >= 11 is 0. The molecule has 3 rings (SSSR count). The van der Waals surface area contributed by atoms with E-state index in [1.165, 1.54) is 6.08 Å². The van der Waals surface area contributed by atoms with Gasteiger partial charge in [-0.3, -0.25) is 10.1 Å². The molecule has 0 aromatic heterocycles. The predicted octanol–water partition coefficient (Wildman–Crippen LogP) is 1.07. The molecule has 0 saturated carbocycles. The Morgan fingerprint density at radius 2 is 2.09 bits per heavy atom. The van der Waals surface area contributed by atoms with Crippen molar-refractivity contribution in [1.82, 2.24) is 5.32 Å². The minimum absolute atomic E-state index is 0.100. The van der Waals surface area contributed by atoms with Crippen molar-refractivity contribution < 1.29 is 9.66 Å². The van der Waals surface area contributed by atoms with Crippen molar-refractivity contribution in [3.05, 3.63) is 68.7 Å². The van der Waals surface area contributed by atoms with Gasteiger partial charge in [-0.2, -0.15) is 0 Å². The molecule has 114 valence electrons. The number of nitro groups is 1. The van der Waals surface area contributed by atoms with Gasteiger partial charge in [-0.25, -0.2) is 0 Å². The van der Waals surface area contributed by atoms with Crippen molar-refractivity contribution in [2.24, 2.45) is 0 Å². The maximum Gasteiger partial charge on any atom is 0.269 e.